The van der Waals surface area contributed by atoms with Crippen LogP contribution in [0.1, 0.15) is 153 Å². The Hall–Kier alpha value is -7.19. The van der Waals surface area contributed by atoms with Crippen LogP contribution in [0.5, 0.6) is 0 Å². The van der Waals surface area contributed by atoms with Crippen LogP contribution in [0.2, 0.25) is 0 Å². The number of hydrogen-bond donors (Lipinski definition) is 2. The topological polar surface area (TPSA) is 308 Å². The van der Waals surface area contributed by atoms with Gasteiger partial charge in [-0.15, -0.1) is 0 Å². The van der Waals surface area contributed by atoms with Crippen LogP contribution in [0.25, 0.3) is 0 Å². The van der Waals surface area contributed by atoms with Crippen LogP contribution in [0, 0.1) is 13.8 Å². The second-order valence-electron chi connectivity index (χ2n) is 21.6. The number of amides is 2. The van der Waals surface area contributed by atoms with Gasteiger partial charge in [0.05, 0.1) is 50.5 Å². The largest absolute Gasteiger partial charge is 0.480 e. The smallest absolute Gasteiger partial charge is 0.397 e. The average molecular weight is 1160 g/mol. The molecule has 2 aromatic rings. The van der Waals surface area contributed by atoms with E-state index < -0.39 is 131 Å². The van der Waals surface area contributed by atoms with Crippen LogP contribution in [0.15, 0.2) is 0 Å². The molecule has 444 valence electrons. The van der Waals surface area contributed by atoms with Gasteiger partial charge < -0.3 is 52.8 Å². The minimum Gasteiger partial charge on any atom is -0.480 e. The van der Waals surface area contributed by atoms with Crippen molar-refractivity contribution in [3.8, 4) is 0 Å². The van der Waals surface area contributed by atoms with E-state index in [1.807, 2.05) is 0 Å². The number of ether oxygens (including phenoxy) is 5. The number of hydrogen-bond acceptors (Lipinski definition) is 17. The summed E-state index contributed by atoms with van der Waals surface area (Å²) < 4.78 is 80.8. The Bertz CT molecular complexity index is 2720. The maximum Gasteiger partial charge on any atom is 0.397 e. The monoisotopic (exact) mass is 1160 g/mol. The molecule has 6 rings (SSSR count). The fourth-order valence-electron chi connectivity index (χ4n) is 8.80. The number of carbonyl (C=O) groups excluding carboxylic acids is 10. The van der Waals surface area contributed by atoms with Crippen LogP contribution in [-0.2, 0) is 88.0 Å². The van der Waals surface area contributed by atoms with Gasteiger partial charge in [-0.25, -0.2) is 51.1 Å². The van der Waals surface area contributed by atoms with Crippen LogP contribution in [-0.4, -0.2) is 179 Å². The minimum atomic E-state index is -1.43. The molecule has 2 aromatic heterocycles. The Balaban J connectivity index is 0.000000282. The van der Waals surface area contributed by atoms with Crippen LogP contribution >= 0.6 is 11.6 Å². The lowest BCUT2D eigenvalue weighted by atomic mass is 10.0. The quantitative estimate of drug-likeness (QED) is 0.0797. The zero-order valence-electron chi connectivity index (χ0n) is 46.5. The number of likely N-dealkylation sites (tertiary alicyclic amines) is 2. The predicted molar refractivity (Wildman–Crippen MR) is 270 cm³/mol. The predicted octanol–water partition coefficient (Wildman–Crippen LogP) is 4.91. The van der Waals surface area contributed by atoms with E-state index in [9.17, 15) is 80.2 Å². The van der Waals surface area contributed by atoms with Crippen molar-refractivity contribution in [1.29, 1.82) is 0 Å². The van der Waals surface area contributed by atoms with Gasteiger partial charge >= 0.3 is 53.6 Å². The van der Waals surface area contributed by atoms with Gasteiger partial charge in [-0.2, -0.15) is 0 Å². The standard InChI is InChI=1S/C17H22FNO5.C13H14FNO5.C11H15ClFNO4.C11H16FNO5/c1-6-23-16(22)14(20)12-9(2)13(15(21)24-17(3,4)5)19-8-10(18)7-11(12)19;1-3-20-13(19)11(16)9-6(2)10(12(17)18)15-5-7(14)4-8(9)15;1-11(2,3)18-10(17)9(16)14-5-6(13)4-7(14)8(12)15;1-11(2,3)18-10(17)8(14)13-5-6(12)4-7(13)9(15)16/h10H,6-8H2,1-5H3;7H,3-5H2,1-2H3,(H,17,18);6-7H,4-5H2,1-3H3;6-7H,4-5H2,1-3H3,(H,15,16)/t10-;7-;2*6-,7+/m1111/s1. The van der Waals surface area contributed by atoms with E-state index in [-0.39, 0.29) is 92.3 Å². The van der Waals surface area contributed by atoms with Gasteiger partial charge in [0.25, 0.3) is 11.6 Å². The normalized spacial score (nSPS) is 20.0. The minimum absolute atomic E-state index is 0.0237. The van der Waals surface area contributed by atoms with Crippen LogP contribution < -0.4 is 0 Å². The average Bonchev–Trinajstić information content (AvgIpc) is 4.15. The van der Waals surface area contributed by atoms with Crippen molar-refractivity contribution in [1.82, 2.24) is 18.9 Å². The highest BCUT2D eigenvalue weighted by molar-refractivity contribution is 6.65. The third-order valence-corrected chi connectivity index (χ3v) is 12.0. The lowest BCUT2D eigenvalue weighted by molar-refractivity contribution is -0.169. The molecule has 0 aromatic carbocycles. The number of aromatic carboxylic acids is 1. The number of halogens is 5. The third-order valence-electron chi connectivity index (χ3n) is 11.7. The number of ketones is 2. The number of aromatic nitrogens is 2. The molecular weight excluding hydrogens is 1100 g/mol. The SMILES string of the molecule is CC(C)(C)OC(=O)C(=O)N1C[C@H](F)C[C@H]1C(=O)Cl.CC(C)(C)OC(=O)C(=O)N1C[C@H](F)C[C@H]1C(=O)O.CCOC(=O)C(=O)c1c(C)c(C(=O)O)n2c1C[C@@H](F)C2.CCOC(=O)C(=O)c1c(C)c(C(=O)OC(C)(C)C)n2c1C[C@@H](F)C2. The van der Waals surface area contributed by atoms with Gasteiger partial charge in [0.15, 0.2) is 0 Å². The Morgan fingerprint density at radius 2 is 0.875 bits per heavy atom. The molecule has 2 amide bonds. The van der Waals surface area contributed by atoms with Crippen molar-refractivity contribution in [3.05, 3.63) is 45.0 Å². The molecule has 0 spiro atoms. The molecule has 2 fully saturated rings. The van der Waals surface area contributed by atoms with E-state index in [4.69, 9.17) is 35.7 Å². The number of aliphatic carboxylic acids is 1. The van der Waals surface area contributed by atoms with Crippen LogP contribution in [0.3, 0.4) is 0 Å². The summed E-state index contributed by atoms with van der Waals surface area (Å²) in [7, 11) is 0. The number of carbonyl (C=O) groups is 12. The highest BCUT2D eigenvalue weighted by Gasteiger charge is 2.45. The Kier molecular flexibility index (Phi) is 22.5. The molecule has 4 aliphatic rings. The zero-order valence-corrected chi connectivity index (χ0v) is 47.3. The van der Waals surface area contributed by atoms with Crippen molar-refractivity contribution in [2.24, 2.45) is 0 Å². The number of carboxylic acid groups (broad SMARTS) is 2. The van der Waals surface area contributed by atoms with E-state index >= 15 is 0 Å². The van der Waals surface area contributed by atoms with Crippen molar-refractivity contribution in [3.63, 3.8) is 0 Å². The Morgan fingerprint density at radius 1 is 0.525 bits per heavy atom. The second-order valence-corrected chi connectivity index (χ2v) is 22.0. The lowest BCUT2D eigenvalue weighted by Gasteiger charge is -2.24. The van der Waals surface area contributed by atoms with Gasteiger partial charge in [-0.05, 0) is 113 Å². The van der Waals surface area contributed by atoms with Crippen molar-refractivity contribution in [2.45, 2.75) is 182 Å². The first-order chi connectivity index (χ1) is 36.7. The molecule has 0 bridgehead atoms. The van der Waals surface area contributed by atoms with Gasteiger partial charge in [0.2, 0.25) is 5.24 Å². The molecule has 6 heterocycles. The number of Topliss-reactive ketones (excluding diaryl/α,β-unsaturated/α-hetero) is 2. The summed E-state index contributed by atoms with van der Waals surface area (Å²) in [6.07, 6.45) is -5.84. The molecular formula is C52H67ClF4N4O19. The molecule has 6 atom stereocenters. The Morgan fingerprint density at radius 3 is 1.21 bits per heavy atom. The van der Waals surface area contributed by atoms with Crippen molar-refractivity contribution >= 4 is 82.0 Å². The van der Waals surface area contributed by atoms with E-state index in [0.29, 0.717) is 16.2 Å². The second kappa shape index (κ2) is 26.8. The van der Waals surface area contributed by atoms with Crippen LogP contribution in [0.4, 0.5) is 17.6 Å². The molecule has 0 unspecified atom stereocenters. The summed E-state index contributed by atoms with van der Waals surface area (Å²) in [6.45, 7) is 20.1. The van der Waals surface area contributed by atoms with E-state index in [0.717, 1.165) is 4.90 Å². The summed E-state index contributed by atoms with van der Waals surface area (Å²) in [5.74, 6) is -11.5. The van der Waals surface area contributed by atoms with Crippen molar-refractivity contribution in [2.75, 3.05) is 26.3 Å². The molecule has 0 aliphatic carbocycles. The molecule has 2 N–H and O–H groups in total. The van der Waals surface area contributed by atoms with Crippen molar-refractivity contribution < 1.29 is 109 Å². The van der Waals surface area contributed by atoms with Gasteiger partial charge in [-0.1, -0.05) is 0 Å². The highest BCUT2D eigenvalue weighted by atomic mass is 35.5. The molecule has 2 saturated heterocycles. The number of nitrogens with zero attached hydrogens (tertiary/aromatic N) is 4. The number of alkyl halides is 4. The lowest BCUT2D eigenvalue weighted by Crippen LogP contribution is -2.46. The fraction of sp³-hybridized carbons (Fsp3) is 0.615. The first-order valence-electron chi connectivity index (χ1n) is 25.1. The fourth-order valence-corrected chi connectivity index (χ4v) is 9.00. The first-order valence-corrected chi connectivity index (χ1v) is 25.5. The first kappa shape index (κ1) is 67.1. The highest BCUT2D eigenvalue weighted by Crippen LogP contribution is 2.33. The number of esters is 5. The van der Waals surface area contributed by atoms with E-state index in [1.165, 1.54) is 16.1 Å². The molecule has 28 heteroatoms. The summed E-state index contributed by atoms with van der Waals surface area (Å²) in [5, 5.41) is 17.2. The molecule has 4 aliphatic heterocycles. The zero-order chi connectivity index (χ0) is 61.4. The number of carboxylic acids is 2. The summed E-state index contributed by atoms with van der Waals surface area (Å²) in [6, 6.07) is -2.40. The summed E-state index contributed by atoms with van der Waals surface area (Å²) >= 11 is 5.27. The molecule has 0 radical (unpaired) electrons. The van der Waals surface area contributed by atoms with E-state index in [2.05, 4.69) is 4.74 Å². The van der Waals surface area contributed by atoms with Gasteiger partial charge in [0, 0.05) is 37.1 Å². The number of fused-ring (bicyclic) bond motifs is 2. The molecule has 0 saturated carbocycles. The summed E-state index contributed by atoms with van der Waals surface area (Å²) in [4.78, 5) is 141. The van der Waals surface area contributed by atoms with Gasteiger partial charge in [0.1, 0.15) is 65.0 Å². The molecule has 80 heavy (non-hydrogen) atoms. The van der Waals surface area contributed by atoms with E-state index in [1.54, 1.807) is 83.1 Å². The number of rotatable bonds is 10. The third kappa shape index (κ3) is 17.2. The Labute approximate surface area is 462 Å². The summed E-state index contributed by atoms with van der Waals surface area (Å²) in [5.41, 5.74) is -1.34. The van der Waals surface area contributed by atoms with Gasteiger partial charge in [-0.3, -0.25) is 24.0 Å². The maximum absolute atomic E-state index is 13.9. The molecule has 23 nitrogen and oxygen atoms in total. The maximum atomic E-state index is 13.9.